The van der Waals surface area contributed by atoms with E-state index in [9.17, 15) is 5.11 Å². The standard InChI is InChI=1S/C15H20N2O3/c1-9(2)15-16-14(17-20-15)8-19-13-6-5-10(3)7-12(13)11(4)18/h5-7,9,11,18H,8H2,1-4H3/t11-/m1/s1. The fourth-order valence-electron chi connectivity index (χ4n) is 1.83. The first-order chi connectivity index (χ1) is 9.47. The quantitative estimate of drug-likeness (QED) is 0.908. The SMILES string of the molecule is Cc1ccc(OCc2noc(C(C)C)n2)c([C@@H](C)O)c1. The molecule has 1 heterocycles. The minimum Gasteiger partial charge on any atom is -0.485 e. The predicted molar refractivity (Wildman–Crippen MR) is 74.5 cm³/mol. The van der Waals surface area contributed by atoms with Crippen LogP contribution in [-0.2, 0) is 6.61 Å². The Morgan fingerprint density at radius 2 is 2.05 bits per heavy atom. The topological polar surface area (TPSA) is 68.4 Å². The number of aliphatic hydroxyl groups is 1. The summed E-state index contributed by atoms with van der Waals surface area (Å²) in [5.41, 5.74) is 1.84. The average molecular weight is 276 g/mol. The molecule has 2 aromatic rings. The second-order valence-electron chi connectivity index (χ2n) is 5.21. The molecule has 1 aromatic carbocycles. The first kappa shape index (κ1) is 14.5. The monoisotopic (exact) mass is 276 g/mol. The predicted octanol–water partition coefficient (Wildman–Crippen LogP) is 3.13. The van der Waals surface area contributed by atoms with Crippen LogP contribution < -0.4 is 4.74 Å². The number of benzene rings is 1. The van der Waals surface area contributed by atoms with Crippen LogP contribution in [0.3, 0.4) is 0 Å². The summed E-state index contributed by atoms with van der Waals surface area (Å²) >= 11 is 0. The zero-order valence-corrected chi connectivity index (χ0v) is 12.3. The number of hydrogen-bond acceptors (Lipinski definition) is 5. The number of hydrogen-bond donors (Lipinski definition) is 1. The molecule has 0 saturated carbocycles. The van der Waals surface area contributed by atoms with Gasteiger partial charge in [-0.15, -0.1) is 0 Å². The van der Waals surface area contributed by atoms with Crippen molar-refractivity contribution in [3.05, 3.63) is 41.0 Å². The molecule has 0 saturated heterocycles. The van der Waals surface area contributed by atoms with Gasteiger partial charge in [0.25, 0.3) is 0 Å². The Morgan fingerprint density at radius 1 is 1.30 bits per heavy atom. The molecule has 0 unspecified atom stereocenters. The van der Waals surface area contributed by atoms with E-state index < -0.39 is 6.10 Å². The average Bonchev–Trinajstić information content (AvgIpc) is 2.86. The largest absolute Gasteiger partial charge is 0.485 e. The zero-order valence-electron chi connectivity index (χ0n) is 12.3. The van der Waals surface area contributed by atoms with Crippen LogP contribution in [0.1, 0.15) is 55.6 Å². The Bertz CT molecular complexity index is 576. The van der Waals surface area contributed by atoms with E-state index in [1.165, 1.54) is 0 Å². The Morgan fingerprint density at radius 3 is 2.65 bits per heavy atom. The van der Waals surface area contributed by atoms with Crippen molar-refractivity contribution < 1.29 is 14.4 Å². The van der Waals surface area contributed by atoms with Crippen molar-refractivity contribution in [1.82, 2.24) is 10.1 Å². The van der Waals surface area contributed by atoms with Gasteiger partial charge in [0.15, 0.2) is 6.61 Å². The molecule has 0 aliphatic rings. The number of aliphatic hydroxyl groups excluding tert-OH is 1. The summed E-state index contributed by atoms with van der Waals surface area (Å²) in [5, 5.41) is 13.6. The molecular formula is C15H20N2O3. The van der Waals surface area contributed by atoms with Crippen LogP contribution in [0.4, 0.5) is 0 Å². The van der Waals surface area contributed by atoms with Gasteiger partial charge in [0, 0.05) is 11.5 Å². The minimum atomic E-state index is -0.582. The van der Waals surface area contributed by atoms with Crippen LogP contribution >= 0.6 is 0 Å². The highest BCUT2D eigenvalue weighted by Gasteiger charge is 2.13. The van der Waals surface area contributed by atoms with Gasteiger partial charge in [-0.1, -0.05) is 30.6 Å². The molecule has 5 nitrogen and oxygen atoms in total. The van der Waals surface area contributed by atoms with E-state index in [0.29, 0.717) is 17.5 Å². The van der Waals surface area contributed by atoms with Gasteiger partial charge in [0.2, 0.25) is 11.7 Å². The molecule has 1 aromatic heterocycles. The fourth-order valence-corrected chi connectivity index (χ4v) is 1.83. The van der Waals surface area contributed by atoms with Gasteiger partial charge >= 0.3 is 0 Å². The lowest BCUT2D eigenvalue weighted by Gasteiger charge is -2.13. The smallest absolute Gasteiger partial charge is 0.229 e. The van der Waals surface area contributed by atoms with Crippen molar-refractivity contribution in [3.8, 4) is 5.75 Å². The molecule has 1 atom stereocenters. The van der Waals surface area contributed by atoms with E-state index in [0.717, 1.165) is 11.1 Å². The van der Waals surface area contributed by atoms with Crippen molar-refractivity contribution in [2.24, 2.45) is 0 Å². The van der Waals surface area contributed by atoms with E-state index >= 15 is 0 Å². The Kier molecular flexibility index (Phi) is 4.39. The maximum absolute atomic E-state index is 9.77. The van der Waals surface area contributed by atoms with E-state index in [1.807, 2.05) is 39.0 Å². The van der Waals surface area contributed by atoms with Crippen molar-refractivity contribution in [2.45, 2.75) is 46.3 Å². The molecule has 1 N–H and O–H groups in total. The van der Waals surface area contributed by atoms with Gasteiger partial charge in [0.05, 0.1) is 6.10 Å². The lowest BCUT2D eigenvalue weighted by molar-refractivity contribution is 0.189. The normalized spacial score (nSPS) is 12.7. The van der Waals surface area contributed by atoms with Gasteiger partial charge in [-0.3, -0.25) is 0 Å². The van der Waals surface area contributed by atoms with Gasteiger partial charge in [-0.05, 0) is 26.0 Å². The fraction of sp³-hybridized carbons (Fsp3) is 0.467. The van der Waals surface area contributed by atoms with Gasteiger partial charge in [0.1, 0.15) is 5.75 Å². The lowest BCUT2D eigenvalue weighted by Crippen LogP contribution is -2.03. The first-order valence-electron chi connectivity index (χ1n) is 6.71. The number of aryl methyl sites for hydroxylation is 1. The summed E-state index contributed by atoms with van der Waals surface area (Å²) in [5.74, 6) is 1.94. The molecular weight excluding hydrogens is 256 g/mol. The van der Waals surface area contributed by atoms with Crippen molar-refractivity contribution in [3.63, 3.8) is 0 Å². The van der Waals surface area contributed by atoms with Gasteiger partial charge in [-0.25, -0.2) is 0 Å². The molecule has 0 radical (unpaired) electrons. The van der Waals surface area contributed by atoms with Crippen LogP contribution in [0.2, 0.25) is 0 Å². The second kappa shape index (κ2) is 6.05. The van der Waals surface area contributed by atoms with E-state index in [4.69, 9.17) is 9.26 Å². The summed E-state index contributed by atoms with van der Waals surface area (Å²) in [6, 6.07) is 5.70. The third-order valence-corrected chi connectivity index (χ3v) is 2.95. The number of nitrogens with zero attached hydrogens (tertiary/aromatic N) is 2. The van der Waals surface area contributed by atoms with Gasteiger partial charge in [-0.2, -0.15) is 4.98 Å². The highest BCUT2D eigenvalue weighted by molar-refractivity contribution is 5.38. The summed E-state index contributed by atoms with van der Waals surface area (Å²) in [7, 11) is 0. The highest BCUT2D eigenvalue weighted by Crippen LogP contribution is 2.26. The Hall–Kier alpha value is -1.88. The third-order valence-electron chi connectivity index (χ3n) is 2.95. The van der Waals surface area contributed by atoms with E-state index in [1.54, 1.807) is 6.92 Å². The lowest BCUT2D eigenvalue weighted by atomic mass is 10.1. The van der Waals surface area contributed by atoms with Crippen LogP contribution in [-0.4, -0.2) is 15.2 Å². The molecule has 0 spiro atoms. The maximum atomic E-state index is 9.77. The summed E-state index contributed by atoms with van der Waals surface area (Å²) in [4.78, 5) is 4.25. The maximum Gasteiger partial charge on any atom is 0.229 e. The highest BCUT2D eigenvalue weighted by atomic mass is 16.5. The van der Waals surface area contributed by atoms with E-state index in [2.05, 4.69) is 10.1 Å². The zero-order chi connectivity index (χ0) is 14.7. The second-order valence-corrected chi connectivity index (χ2v) is 5.21. The number of ether oxygens (including phenoxy) is 1. The van der Waals surface area contributed by atoms with Crippen molar-refractivity contribution >= 4 is 0 Å². The summed E-state index contributed by atoms with van der Waals surface area (Å²) in [6.07, 6.45) is -0.582. The Labute approximate surface area is 118 Å². The molecule has 5 heteroatoms. The summed E-state index contributed by atoms with van der Waals surface area (Å²) in [6.45, 7) is 7.89. The van der Waals surface area contributed by atoms with Crippen LogP contribution in [0.15, 0.2) is 22.7 Å². The molecule has 20 heavy (non-hydrogen) atoms. The van der Waals surface area contributed by atoms with Crippen LogP contribution in [0, 0.1) is 6.92 Å². The van der Waals surface area contributed by atoms with Crippen LogP contribution in [0.25, 0.3) is 0 Å². The molecule has 0 fully saturated rings. The summed E-state index contributed by atoms with van der Waals surface area (Å²) < 4.78 is 10.8. The van der Waals surface area contributed by atoms with Crippen LogP contribution in [0.5, 0.6) is 5.75 Å². The first-order valence-corrected chi connectivity index (χ1v) is 6.71. The molecule has 0 amide bonds. The molecule has 108 valence electrons. The van der Waals surface area contributed by atoms with Crippen molar-refractivity contribution in [1.29, 1.82) is 0 Å². The third kappa shape index (κ3) is 3.36. The minimum absolute atomic E-state index is 0.198. The molecule has 2 rings (SSSR count). The van der Waals surface area contributed by atoms with Crippen molar-refractivity contribution in [2.75, 3.05) is 0 Å². The number of rotatable bonds is 5. The number of aromatic nitrogens is 2. The Balaban J connectivity index is 2.10. The molecule has 0 aliphatic heterocycles. The van der Waals surface area contributed by atoms with E-state index in [-0.39, 0.29) is 12.5 Å². The molecule has 0 aliphatic carbocycles. The van der Waals surface area contributed by atoms with Gasteiger partial charge < -0.3 is 14.4 Å². The molecule has 0 bridgehead atoms.